The molecule has 6 heteroatoms. The van der Waals surface area contributed by atoms with Crippen LogP contribution < -0.4 is 16.4 Å². The van der Waals surface area contributed by atoms with Crippen molar-refractivity contribution < 1.29 is 9.59 Å². The first kappa shape index (κ1) is 20.7. The molecule has 0 aliphatic rings. The molecule has 0 saturated carbocycles. The summed E-state index contributed by atoms with van der Waals surface area (Å²) >= 11 is 0. The maximum Gasteiger partial charge on any atom is 0.226 e. The molecule has 25 heavy (non-hydrogen) atoms. The Morgan fingerprint density at radius 1 is 1.00 bits per heavy atom. The van der Waals surface area contributed by atoms with Crippen LogP contribution in [0.5, 0.6) is 0 Å². The van der Waals surface area contributed by atoms with E-state index in [1.165, 1.54) is 0 Å². The Kier molecular flexibility index (Phi) is 8.67. The molecule has 0 aliphatic carbocycles. The summed E-state index contributed by atoms with van der Waals surface area (Å²) in [5, 5.41) is 5.50. The maximum atomic E-state index is 12.3. The van der Waals surface area contributed by atoms with Gasteiger partial charge in [-0.05, 0) is 23.6 Å². The predicted octanol–water partition coefficient (Wildman–Crippen LogP) is 2.82. The van der Waals surface area contributed by atoms with E-state index in [-0.39, 0.29) is 36.7 Å². The Morgan fingerprint density at radius 2 is 1.64 bits per heavy atom. The highest BCUT2D eigenvalue weighted by Gasteiger charge is 2.13. The van der Waals surface area contributed by atoms with Crippen molar-refractivity contribution in [2.24, 2.45) is 5.73 Å². The number of anilines is 1. The molecule has 2 aromatic rings. The lowest BCUT2D eigenvalue weighted by molar-refractivity contribution is -0.120. The molecule has 1 unspecified atom stereocenters. The summed E-state index contributed by atoms with van der Waals surface area (Å²) in [4.78, 5) is 23.7. The molecule has 5 nitrogen and oxygen atoms in total. The molecule has 2 amide bonds. The van der Waals surface area contributed by atoms with Gasteiger partial charge in [-0.2, -0.15) is 0 Å². The number of nitrogens with one attached hydrogen (secondary N) is 2. The highest BCUT2D eigenvalue weighted by Crippen LogP contribution is 2.19. The van der Waals surface area contributed by atoms with Gasteiger partial charge in [-0.1, -0.05) is 48.5 Å². The maximum absolute atomic E-state index is 12.3. The molecule has 0 spiro atoms. The molecule has 2 rings (SSSR count). The van der Waals surface area contributed by atoms with Crippen molar-refractivity contribution in [2.75, 3.05) is 12.4 Å². The van der Waals surface area contributed by atoms with Crippen LogP contribution in [0.25, 0.3) is 0 Å². The van der Waals surface area contributed by atoms with Gasteiger partial charge in [-0.3, -0.25) is 9.59 Å². The number of hydrogen-bond acceptors (Lipinski definition) is 3. The molecule has 134 valence electrons. The Morgan fingerprint density at radius 3 is 2.32 bits per heavy atom. The highest BCUT2D eigenvalue weighted by atomic mass is 35.5. The first-order chi connectivity index (χ1) is 11.6. The fraction of sp³-hybridized carbons (Fsp3) is 0.263. The smallest absolute Gasteiger partial charge is 0.226 e. The standard InChI is InChI=1S/C19H23N3O2.ClH/c1-21-18(23)12-11-15-9-5-6-10-17(15)22-19(24)13-16(20)14-7-3-2-4-8-14;/h2-10,16H,11-13,20H2,1H3,(H,21,23)(H,22,24);1H. The van der Waals surface area contributed by atoms with Crippen LogP contribution in [0.1, 0.15) is 30.0 Å². The molecule has 0 saturated heterocycles. The van der Waals surface area contributed by atoms with Gasteiger partial charge < -0.3 is 16.4 Å². The normalized spacial score (nSPS) is 11.1. The van der Waals surface area contributed by atoms with Gasteiger partial charge in [0.05, 0.1) is 0 Å². The molecular formula is C19H24ClN3O2. The third kappa shape index (κ3) is 6.57. The fourth-order valence-corrected chi connectivity index (χ4v) is 2.45. The summed E-state index contributed by atoms with van der Waals surface area (Å²) in [5.41, 5.74) is 8.68. The monoisotopic (exact) mass is 361 g/mol. The SMILES string of the molecule is CNC(=O)CCc1ccccc1NC(=O)CC(N)c1ccccc1.Cl. The average molecular weight is 362 g/mol. The Hall–Kier alpha value is -2.37. The predicted molar refractivity (Wildman–Crippen MR) is 103 cm³/mol. The second-order valence-electron chi connectivity index (χ2n) is 5.60. The second-order valence-corrected chi connectivity index (χ2v) is 5.60. The van der Waals surface area contributed by atoms with Crippen molar-refractivity contribution in [1.82, 2.24) is 5.32 Å². The molecule has 4 N–H and O–H groups in total. The zero-order valence-electron chi connectivity index (χ0n) is 14.2. The highest BCUT2D eigenvalue weighted by molar-refractivity contribution is 5.92. The Bertz CT molecular complexity index is 692. The van der Waals surface area contributed by atoms with Gasteiger partial charge in [0.25, 0.3) is 0 Å². The molecule has 0 aliphatic heterocycles. The number of nitrogens with two attached hydrogens (primary N) is 1. The number of hydrogen-bond donors (Lipinski definition) is 3. The summed E-state index contributed by atoms with van der Waals surface area (Å²) in [5.74, 6) is -0.166. The third-order valence-electron chi connectivity index (χ3n) is 3.82. The van der Waals surface area contributed by atoms with E-state index >= 15 is 0 Å². The molecule has 0 radical (unpaired) electrons. The van der Waals surface area contributed by atoms with Crippen LogP contribution in [-0.2, 0) is 16.0 Å². The number of para-hydroxylation sites is 1. The Labute approximate surface area is 154 Å². The zero-order chi connectivity index (χ0) is 17.4. The minimum atomic E-state index is -0.343. The third-order valence-corrected chi connectivity index (χ3v) is 3.82. The van der Waals surface area contributed by atoms with E-state index in [4.69, 9.17) is 5.73 Å². The van der Waals surface area contributed by atoms with E-state index in [1.807, 2.05) is 54.6 Å². The number of rotatable bonds is 7. The minimum absolute atomic E-state index is 0. The largest absolute Gasteiger partial charge is 0.359 e. The van der Waals surface area contributed by atoms with Crippen molar-refractivity contribution in [2.45, 2.75) is 25.3 Å². The van der Waals surface area contributed by atoms with Gasteiger partial charge in [0.1, 0.15) is 0 Å². The summed E-state index contributed by atoms with van der Waals surface area (Å²) in [6.07, 6.45) is 1.15. The van der Waals surface area contributed by atoms with Crippen molar-refractivity contribution in [3.8, 4) is 0 Å². The van der Waals surface area contributed by atoms with Crippen molar-refractivity contribution in [3.63, 3.8) is 0 Å². The van der Waals surface area contributed by atoms with E-state index in [2.05, 4.69) is 10.6 Å². The molecule has 0 heterocycles. The number of carbonyl (C=O) groups is 2. The average Bonchev–Trinajstić information content (AvgIpc) is 2.61. The zero-order valence-corrected chi connectivity index (χ0v) is 15.0. The topological polar surface area (TPSA) is 84.2 Å². The van der Waals surface area contributed by atoms with Crippen LogP contribution >= 0.6 is 12.4 Å². The number of benzene rings is 2. The molecule has 0 bridgehead atoms. The number of amides is 2. The minimum Gasteiger partial charge on any atom is -0.359 e. The van der Waals surface area contributed by atoms with Crippen LogP contribution in [0.3, 0.4) is 0 Å². The molecule has 2 aromatic carbocycles. The van der Waals surface area contributed by atoms with E-state index in [9.17, 15) is 9.59 Å². The second kappa shape index (κ2) is 10.5. The van der Waals surface area contributed by atoms with E-state index < -0.39 is 0 Å². The van der Waals surface area contributed by atoms with Crippen LogP contribution in [0.2, 0.25) is 0 Å². The molecule has 0 fully saturated rings. The van der Waals surface area contributed by atoms with Crippen molar-refractivity contribution in [1.29, 1.82) is 0 Å². The Balaban J connectivity index is 0.00000312. The van der Waals surface area contributed by atoms with Gasteiger partial charge in [0, 0.05) is 31.6 Å². The van der Waals surface area contributed by atoms with Gasteiger partial charge in [0.2, 0.25) is 11.8 Å². The number of carbonyl (C=O) groups excluding carboxylic acids is 2. The first-order valence-corrected chi connectivity index (χ1v) is 7.99. The van der Waals surface area contributed by atoms with Gasteiger partial charge in [0.15, 0.2) is 0 Å². The van der Waals surface area contributed by atoms with E-state index in [1.54, 1.807) is 7.05 Å². The molecular weight excluding hydrogens is 338 g/mol. The quantitative estimate of drug-likeness (QED) is 0.709. The van der Waals surface area contributed by atoms with Crippen LogP contribution in [-0.4, -0.2) is 18.9 Å². The summed E-state index contributed by atoms with van der Waals surface area (Å²) in [7, 11) is 1.61. The summed E-state index contributed by atoms with van der Waals surface area (Å²) in [6.45, 7) is 0. The lowest BCUT2D eigenvalue weighted by atomic mass is 10.0. The van der Waals surface area contributed by atoms with Gasteiger partial charge in [-0.15, -0.1) is 12.4 Å². The van der Waals surface area contributed by atoms with E-state index in [0.717, 1.165) is 16.8 Å². The lowest BCUT2D eigenvalue weighted by Crippen LogP contribution is -2.21. The summed E-state index contributed by atoms with van der Waals surface area (Å²) < 4.78 is 0. The van der Waals surface area contributed by atoms with Gasteiger partial charge in [-0.25, -0.2) is 0 Å². The lowest BCUT2D eigenvalue weighted by Gasteiger charge is -2.14. The molecule has 0 aromatic heterocycles. The van der Waals surface area contributed by atoms with Crippen molar-refractivity contribution >= 4 is 29.9 Å². The number of aryl methyl sites for hydroxylation is 1. The number of halogens is 1. The van der Waals surface area contributed by atoms with E-state index in [0.29, 0.717) is 12.8 Å². The summed E-state index contributed by atoms with van der Waals surface area (Å²) in [6, 6.07) is 16.7. The van der Waals surface area contributed by atoms with Crippen molar-refractivity contribution in [3.05, 3.63) is 65.7 Å². The van der Waals surface area contributed by atoms with Crippen LogP contribution in [0.4, 0.5) is 5.69 Å². The molecule has 1 atom stereocenters. The van der Waals surface area contributed by atoms with Crippen LogP contribution in [0.15, 0.2) is 54.6 Å². The first-order valence-electron chi connectivity index (χ1n) is 7.99. The van der Waals surface area contributed by atoms with Crippen LogP contribution in [0, 0.1) is 0 Å². The fourth-order valence-electron chi connectivity index (χ4n) is 2.45. The van der Waals surface area contributed by atoms with Gasteiger partial charge >= 0.3 is 0 Å².